The first-order valence-corrected chi connectivity index (χ1v) is 10.8. The van der Waals surface area contributed by atoms with E-state index >= 15 is 0 Å². The molecule has 154 valence electrons. The van der Waals surface area contributed by atoms with Gasteiger partial charge in [-0.15, -0.1) is 0 Å². The molecule has 1 aliphatic heterocycles. The lowest BCUT2D eigenvalue weighted by Gasteiger charge is -2.47. The Morgan fingerprint density at radius 1 is 0.964 bits per heavy atom. The second kappa shape index (κ2) is 9.23. The topological polar surface area (TPSA) is 36.3 Å². The van der Waals surface area contributed by atoms with E-state index in [9.17, 15) is 0 Å². The maximum atomic E-state index is 6.57. The molecular formula is C24H36N2O2. The average molecular weight is 385 g/mol. The summed E-state index contributed by atoms with van der Waals surface area (Å²) in [5, 5.41) is 0. The van der Waals surface area contributed by atoms with Gasteiger partial charge in [-0.3, -0.25) is 0 Å². The van der Waals surface area contributed by atoms with Gasteiger partial charge in [0.05, 0.1) is 26.1 Å². The lowest BCUT2D eigenvalue weighted by molar-refractivity contribution is -0.314. The summed E-state index contributed by atoms with van der Waals surface area (Å²) in [6.45, 7) is 11.1. The van der Waals surface area contributed by atoms with Crippen molar-refractivity contribution in [2.24, 2.45) is 5.41 Å². The fourth-order valence-electron chi connectivity index (χ4n) is 4.65. The van der Waals surface area contributed by atoms with E-state index in [-0.39, 0.29) is 5.41 Å². The average Bonchev–Trinajstić information content (AvgIpc) is 3.15. The number of ether oxygens (including phenoxy) is 2. The Bertz CT molecular complexity index is 703. The smallest absolute Gasteiger partial charge is 0.186 e. The molecule has 1 aromatic carbocycles. The van der Waals surface area contributed by atoms with Crippen LogP contribution in [0.25, 0.3) is 0 Å². The Balaban J connectivity index is 1.75. The van der Waals surface area contributed by atoms with Crippen LogP contribution in [0.15, 0.2) is 36.9 Å². The van der Waals surface area contributed by atoms with Crippen LogP contribution >= 0.6 is 0 Å². The standard InChI is InChI=1S/C24H36N2O2/c1-5-8-23(9-6-2)17-27-24(28-18-23,16-26-12-11-25-19-26)10-7-22-14-20(3)13-21(4)15-22/h11-15,19H,5-10,16-18H2,1-4H3. The summed E-state index contributed by atoms with van der Waals surface area (Å²) in [5.74, 6) is -0.580. The fraction of sp³-hybridized carbons (Fsp3) is 0.625. The molecule has 1 aromatic heterocycles. The lowest BCUT2D eigenvalue weighted by atomic mass is 9.79. The first kappa shape index (κ1) is 21.1. The third-order valence-corrected chi connectivity index (χ3v) is 5.90. The van der Waals surface area contributed by atoms with E-state index in [1.807, 2.05) is 18.7 Å². The Labute approximate surface area is 170 Å². The second-order valence-electron chi connectivity index (χ2n) is 8.72. The van der Waals surface area contributed by atoms with Gasteiger partial charge in [-0.2, -0.15) is 0 Å². The molecule has 0 unspecified atom stereocenters. The molecule has 0 spiro atoms. The largest absolute Gasteiger partial charge is 0.347 e. The summed E-state index contributed by atoms with van der Waals surface area (Å²) in [5.41, 5.74) is 4.15. The van der Waals surface area contributed by atoms with Gasteiger partial charge in [0, 0.05) is 24.2 Å². The van der Waals surface area contributed by atoms with Crippen LogP contribution in [0.5, 0.6) is 0 Å². The molecule has 0 aliphatic carbocycles. The number of benzene rings is 1. The van der Waals surface area contributed by atoms with Crippen molar-refractivity contribution in [2.45, 2.75) is 78.6 Å². The summed E-state index contributed by atoms with van der Waals surface area (Å²) in [6, 6.07) is 6.78. The van der Waals surface area contributed by atoms with Crippen molar-refractivity contribution >= 4 is 0 Å². The molecule has 28 heavy (non-hydrogen) atoms. The van der Waals surface area contributed by atoms with Gasteiger partial charge in [-0.25, -0.2) is 4.98 Å². The molecule has 1 aliphatic rings. The van der Waals surface area contributed by atoms with Crippen LogP contribution in [0.3, 0.4) is 0 Å². The van der Waals surface area contributed by atoms with Crippen molar-refractivity contribution in [2.75, 3.05) is 13.2 Å². The minimum atomic E-state index is -0.580. The molecule has 3 rings (SSSR count). The van der Waals surface area contributed by atoms with Crippen LogP contribution in [0.2, 0.25) is 0 Å². The van der Waals surface area contributed by atoms with Crippen molar-refractivity contribution in [3.63, 3.8) is 0 Å². The molecule has 4 heteroatoms. The number of nitrogens with zero attached hydrogens (tertiary/aromatic N) is 2. The van der Waals surface area contributed by atoms with Crippen molar-refractivity contribution in [1.82, 2.24) is 9.55 Å². The SMILES string of the molecule is CCCC1(CCC)COC(CCc2cc(C)cc(C)c2)(Cn2ccnc2)OC1. The molecule has 0 saturated carbocycles. The van der Waals surface area contributed by atoms with E-state index in [4.69, 9.17) is 9.47 Å². The van der Waals surface area contributed by atoms with Crippen LogP contribution in [0.4, 0.5) is 0 Å². The van der Waals surface area contributed by atoms with Crippen LogP contribution in [-0.4, -0.2) is 28.6 Å². The molecule has 0 bridgehead atoms. The van der Waals surface area contributed by atoms with Gasteiger partial charge >= 0.3 is 0 Å². The quantitative estimate of drug-likeness (QED) is 0.576. The van der Waals surface area contributed by atoms with Crippen molar-refractivity contribution in [3.8, 4) is 0 Å². The highest BCUT2D eigenvalue weighted by molar-refractivity contribution is 5.28. The predicted molar refractivity (Wildman–Crippen MR) is 113 cm³/mol. The van der Waals surface area contributed by atoms with Crippen molar-refractivity contribution in [1.29, 1.82) is 0 Å². The van der Waals surface area contributed by atoms with Gasteiger partial charge in [0.25, 0.3) is 0 Å². The van der Waals surface area contributed by atoms with Crippen molar-refractivity contribution in [3.05, 3.63) is 53.6 Å². The van der Waals surface area contributed by atoms with E-state index in [1.165, 1.54) is 42.4 Å². The molecule has 0 atom stereocenters. The minimum absolute atomic E-state index is 0.169. The molecule has 2 heterocycles. The molecule has 0 amide bonds. The number of aryl methyl sites for hydroxylation is 3. The number of hydrogen-bond acceptors (Lipinski definition) is 3. The Kier molecular flexibility index (Phi) is 6.95. The fourth-order valence-corrected chi connectivity index (χ4v) is 4.65. The predicted octanol–water partition coefficient (Wildman–Crippen LogP) is 5.46. The van der Waals surface area contributed by atoms with E-state index < -0.39 is 5.79 Å². The van der Waals surface area contributed by atoms with Gasteiger partial charge < -0.3 is 14.0 Å². The summed E-state index contributed by atoms with van der Waals surface area (Å²) in [7, 11) is 0. The Hall–Kier alpha value is -1.65. The number of aromatic nitrogens is 2. The van der Waals surface area contributed by atoms with Gasteiger partial charge in [0.15, 0.2) is 5.79 Å². The van der Waals surface area contributed by atoms with Crippen LogP contribution in [0, 0.1) is 19.3 Å². The molecule has 1 saturated heterocycles. The van der Waals surface area contributed by atoms with Crippen LogP contribution in [0.1, 0.15) is 62.6 Å². The molecule has 2 aromatic rings. The summed E-state index contributed by atoms with van der Waals surface area (Å²) >= 11 is 0. The first-order chi connectivity index (χ1) is 13.5. The van der Waals surface area contributed by atoms with E-state index in [0.717, 1.165) is 26.1 Å². The van der Waals surface area contributed by atoms with Crippen molar-refractivity contribution < 1.29 is 9.47 Å². The Morgan fingerprint density at radius 3 is 2.14 bits per heavy atom. The first-order valence-electron chi connectivity index (χ1n) is 10.8. The van der Waals surface area contributed by atoms with Gasteiger partial charge in [-0.05, 0) is 38.7 Å². The molecule has 1 fully saturated rings. The number of hydrogen-bond donors (Lipinski definition) is 0. The molecule has 0 radical (unpaired) electrons. The highest BCUT2D eigenvalue weighted by Crippen LogP contribution is 2.40. The number of imidazole rings is 1. The highest BCUT2D eigenvalue weighted by Gasteiger charge is 2.44. The third kappa shape index (κ3) is 5.24. The zero-order valence-corrected chi connectivity index (χ0v) is 18.0. The van der Waals surface area contributed by atoms with Crippen LogP contribution in [-0.2, 0) is 22.4 Å². The molecule has 0 N–H and O–H groups in total. The lowest BCUT2D eigenvalue weighted by Crippen LogP contribution is -2.52. The summed E-state index contributed by atoms with van der Waals surface area (Å²) in [6.07, 6.45) is 12.1. The summed E-state index contributed by atoms with van der Waals surface area (Å²) < 4.78 is 15.2. The minimum Gasteiger partial charge on any atom is -0.347 e. The highest BCUT2D eigenvalue weighted by atomic mass is 16.7. The van der Waals surface area contributed by atoms with E-state index in [1.54, 1.807) is 0 Å². The van der Waals surface area contributed by atoms with E-state index in [0.29, 0.717) is 6.54 Å². The monoisotopic (exact) mass is 384 g/mol. The molecule has 4 nitrogen and oxygen atoms in total. The van der Waals surface area contributed by atoms with Gasteiger partial charge in [-0.1, -0.05) is 56.0 Å². The zero-order chi connectivity index (χ0) is 20.0. The normalized spacial score (nSPS) is 18.3. The van der Waals surface area contributed by atoms with Crippen LogP contribution < -0.4 is 0 Å². The maximum absolute atomic E-state index is 6.57. The zero-order valence-electron chi connectivity index (χ0n) is 18.0. The van der Waals surface area contributed by atoms with Gasteiger partial charge in [0.1, 0.15) is 0 Å². The van der Waals surface area contributed by atoms with E-state index in [2.05, 4.69) is 55.4 Å². The van der Waals surface area contributed by atoms with Gasteiger partial charge in [0.2, 0.25) is 0 Å². The maximum Gasteiger partial charge on any atom is 0.186 e. The second-order valence-corrected chi connectivity index (χ2v) is 8.72. The Morgan fingerprint density at radius 2 is 1.61 bits per heavy atom. The number of rotatable bonds is 9. The summed E-state index contributed by atoms with van der Waals surface area (Å²) in [4.78, 5) is 4.20. The molecular weight excluding hydrogens is 348 g/mol. The third-order valence-electron chi connectivity index (χ3n) is 5.90.